The van der Waals surface area contributed by atoms with Crippen molar-refractivity contribution >= 4 is 34.9 Å². The fourth-order valence-electron chi connectivity index (χ4n) is 4.00. The molecule has 1 aromatic carbocycles. The quantitative estimate of drug-likeness (QED) is 0.518. The van der Waals surface area contributed by atoms with Crippen LogP contribution in [-0.4, -0.2) is 54.5 Å². The highest BCUT2D eigenvalue weighted by molar-refractivity contribution is 7.10. The Morgan fingerprint density at radius 3 is 2.82 bits per heavy atom. The van der Waals surface area contributed by atoms with Gasteiger partial charge in [0, 0.05) is 29.5 Å². The van der Waals surface area contributed by atoms with Crippen LogP contribution in [0.3, 0.4) is 0 Å². The van der Waals surface area contributed by atoms with E-state index in [9.17, 15) is 9.59 Å². The molecule has 8 heteroatoms. The third-order valence-corrected chi connectivity index (χ3v) is 7.54. The highest BCUT2D eigenvalue weighted by Gasteiger charge is 2.33. The zero-order chi connectivity index (χ0) is 24.0. The van der Waals surface area contributed by atoms with E-state index in [2.05, 4.69) is 30.6 Å². The fourth-order valence-corrected chi connectivity index (χ4v) is 5.04. The molecule has 0 saturated heterocycles. The van der Waals surface area contributed by atoms with Crippen LogP contribution >= 0.6 is 22.9 Å². The van der Waals surface area contributed by atoms with E-state index in [1.165, 1.54) is 4.88 Å². The highest BCUT2D eigenvalue weighted by atomic mass is 35.5. The first-order valence-corrected chi connectivity index (χ1v) is 12.9. The Morgan fingerprint density at radius 1 is 1.33 bits per heavy atom. The summed E-state index contributed by atoms with van der Waals surface area (Å²) in [4.78, 5) is 30.9. The summed E-state index contributed by atoms with van der Waals surface area (Å²) in [6.45, 7) is 10.1. The summed E-state index contributed by atoms with van der Waals surface area (Å²) < 4.78 is 6.12. The Kier molecular flexibility index (Phi) is 9.03. The maximum atomic E-state index is 13.5. The number of benzene rings is 1. The maximum absolute atomic E-state index is 13.5. The number of ether oxygens (including phenoxy) is 1. The Bertz CT molecular complexity index is 964. The van der Waals surface area contributed by atoms with Crippen molar-refractivity contribution < 1.29 is 14.3 Å². The van der Waals surface area contributed by atoms with E-state index in [1.54, 1.807) is 16.2 Å². The van der Waals surface area contributed by atoms with Gasteiger partial charge in [0.15, 0.2) is 0 Å². The van der Waals surface area contributed by atoms with Crippen molar-refractivity contribution in [3.8, 4) is 5.75 Å². The molecule has 1 aliphatic rings. The van der Waals surface area contributed by atoms with Crippen molar-refractivity contribution in [2.75, 3.05) is 32.8 Å². The third-order valence-electron chi connectivity index (χ3n) is 6.12. The largest absolute Gasteiger partial charge is 0.491 e. The molecule has 1 aliphatic heterocycles. The number of urea groups is 1. The van der Waals surface area contributed by atoms with E-state index >= 15 is 0 Å². The molecule has 6 nitrogen and oxygen atoms in total. The number of hydrogen-bond acceptors (Lipinski definition) is 4. The number of carbonyl (C=O) groups is 2. The van der Waals surface area contributed by atoms with Gasteiger partial charge in [-0.2, -0.15) is 0 Å². The van der Waals surface area contributed by atoms with Crippen LogP contribution in [0.15, 0.2) is 29.6 Å². The van der Waals surface area contributed by atoms with E-state index in [4.69, 9.17) is 16.3 Å². The average Bonchev–Trinajstić information content (AvgIpc) is 3.28. The van der Waals surface area contributed by atoms with Crippen LogP contribution < -0.4 is 10.1 Å². The van der Waals surface area contributed by atoms with Crippen LogP contribution in [0.4, 0.5) is 4.79 Å². The molecule has 0 bridgehead atoms. The van der Waals surface area contributed by atoms with Crippen molar-refractivity contribution in [1.82, 2.24) is 15.1 Å². The second-order valence-electron chi connectivity index (χ2n) is 8.60. The maximum Gasteiger partial charge on any atom is 0.317 e. The van der Waals surface area contributed by atoms with E-state index < -0.39 is 0 Å². The topological polar surface area (TPSA) is 61.9 Å². The molecular weight excluding hydrogens is 458 g/mol. The van der Waals surface area contributed by atoms with Gasteiger partial charge in [0.25, 0.3) is 0 Å². The van der Waals surface area contributed by atoms with Gasteiger partial charge in [-0.25, -0.2) is 4.79 Å². The van der Waals surface area contributed by atoms with E-state index in [-0.39, 0.29) is 24.5 Å². The molecule has 0 fully saturated rings. The molecule has 0 spiro atoms. The predicted octanol–water partition coefficient (Wildman–Crippen LogP) is 5.29. The summed E-state index contributed by atoms with van der Waals surface area (Å²) in [7, 11) is 0. The molecule has 2 atom stereocenters. The van der Waals surface area contributed by atoms with Crippen LogP contribution in [0.5, 0.6) is 5.75 Å². The minimum Gasteiger partial charge on any atom is -0.491 e. The third kappa shape index (κ3) is 6.42. The zero-order valence-corrected chi connectivity index (χ0v) is 21.5. The van der Waals surface area contributed by atoms with Gasteiger partial charge in [0.2, 0.25) is 5.91 Å². The summed E-state index contributed by atoms with van der Waals surface area (Å²) in [5, 5.41) is 5.61. The molecule has 1 aromatic heterocycles. The first-order valence-electron chi connectivity index (χ1n) is 11.6. The number of carbonyl (C=O) groups excluding carboxylic acids is 2. The Morgan fingerprint density at radius 2 is 2.12 bits per heavy atom. The second kappa shape index (κ2) is 11.7. The van der Waals surface area contributed by atoms with E-state index in [0.717, 1.165) is 29.7 Å². The number of rotatable bonds is 9. The lowest BCUT2D eigenvalue weighted by Crippen LogP contribution is -2.50. The number of thiophene rings is 1. The van der Waals surface area contributed by atoms with Gasteiger partial charge in [-0.05, 0) is 67.0 Å². The number of nitrogens with one attached hydrogen (secondary N) is 1. The van der Waals surface area contributed by atoms with Gasteiger partial charge in [-0.1, -0.05) is 31.9 Å². The summed E-state index contributed by atoms with van der Waals surface area (Å²) in [6.07, 6.45) is 1.77. The molecule has 33 heavy (non-hydrogen) atoms. The smallest absolute Gasteiger partial charge is 0.317 e. The van der Waals surface area contributed by atoms with Gasteiger partial charge in [0.05, 0.1) is 6.04 Å². The minimum atomic E-state index is -0.192. The lowest BCUT2D eigenvalue weighted by molar-refractivity contribution is -0.135. The van der Waals surface area contributed by atoms with E-state index in [1.807, 2.05) is 36.9 Å². The zero-order valence-electron chi connectivity index (χ0n) is 19.9. The second-order valence-corrected chi connectivity index (χ2v) is 10.0. The summed E-state index contributed by atoms with van der Waals surface area (Å²) in [5.74, 6) is 0.993. The standard InChI is InChI=1S/C25H34ClN3O3S/c1-5-17(3)14-28(25(31)27-6-2)15-24(30)29-11-9-23-20(10-12-33-23)22(29)16-32-19-7-8-21(26)18(4)13-19/h7-8,10,12-13,17,22H,5-6,9,11,14-16H2,1-4H3,(H,27,31)/t17-,22-/m1/s1. The molecule has 0 aliphatic carbocycles. The molecule has 2 heterocycles. The molecular formula is C25H34ClN3O3S. The van der Waals surface area contributed by atoms with Crippen molar-refractivity contribution in [3.05, 3.63) is 50.7 Å². The molecule has 1 N–H and O–H groups in total. The van der Waals surface area contributed by atoms with Gasteiger partial charge < -0.3 is 19.9 Å². The molecule has 3 rings (SSSR count). The molecule has 2 aromatic rings. The first kappa shape index (κ1) is 25.4. The number of fused-ring (bicyclic) bond motifs is 1. The highest BCUT2D eigenvalue weighted by Crippen LogP contribution is 2.34. The van der Waals surface area contributed by atoms with Crippen molar-refractivity contribution in [1.29, 1.82) is 0 Å². The van der Waals surface area contributed by atoms with Crippen LogP contribution in [0, 0.1) is 12.8 Å². The van der Waals surface area contributed by atoms with Crippen LogP contribution in [-0.2, 0) is 11.2 Å². The van der Waals surface area contributed by atoms with Gasteiger partial charge in [0.1, 0.15) is 18.9 Å². The molecule has 0 radical (unpaired) electrons. The minimum absolute atomic E-state index is 0.0534. The number of halogens is 1. The van der Waals surface area contributed by atoms with Crippen molar-refractivity contribution in [3.63, 3.8) is 0 Å². The number of nitrogens with zero attached hydrogens (tertiary/aromatic N) is 2. The molecule has 0 unspecified atom stereocenters. The summed E-state index contributed by atoms with van der Waals surface area (Å²) in [6, 6.07) is 7.29. The molecule has 180 valence electrons. The van der Waals surface area contributed by atoms with Crippen molar-refractivity contribution in [2.45, 2.75) is 46.6 Å². The Balaban J connectivity index is 1.77. The number of hydrogen-bond donors (Lipinski definition) is 1. The molecule has 0 saturated carbocycles. The summed E-state index contributed by atoms with van der Waals surface area (Å²) >= 11 is 7.87. The first-order chi connectivity index (χ1) is 15.8. The van der Waals surface area contributed by atoms with E-state index in [0.29, 0.717) is 37.2 Å². The van der Waals surface area contributed by atoms with Crippen LogP contribution in [0.2, 0.25) is 5.02 Å². The SMILES string of the molecule is CCNC(=O)N(CC(=O)N1CCc2sccc2[C@H]1COc1ccc(Cl)c(C)c1)C[C@H](C)CC. The van der Waals surface area contributed by atoms with Crippen LogP contribution in [0.25, 0.3) is 0 Å². The monoisotopic (exact) mass is 491 g/mol. The van der Waals surface area contributed by atoms with Gasteiger partial charge in [-0.15, -0.1) is 11.3 Å². The Hall–Kier alpha value is -2.25. The van der Waals surface area contributed by atoms with Crippen molar-refractivity contribution in [2.24, 2.45) is 5.92 Å². The normalized spacial score (nSPS) is 16.2. The average molecular weight is 492 g/mol. The number of amides is 3. The van der Waals surface area contributed by atoms with Crippen LogP contribution in [0.1, 0.15) is 49.2 Å². The lowest BCUT2D eigenvalue weighted by Gasteiger charge is -2.37. The molecule has 3 amide bonds. The lowest BCUT2D eigenvalue weighted by atomic mass is 10.00. The summed E-state index contributed by atoms with van der Waals surface area (Å²) in [5.41, 5.74) is 2.08. The fraction of sp³-hybridized carbons (Fsp3) is 0.520. The number of aryl methyl sites for hydroxylation is 1. The van der Waals surface area contributed by atoms with Gasteiger partial charge in [-0.3, -0.25) is 4.79 Å². The van der Waals surface area contributed by atoms with Gasteiger partial charge >= 0.3 is 6.03 Å². The Labute approximate surface area is 205 Å². The predicted molar refractivity (Wildman–Crippen MR) is 134 cm³/mol.